The number of hydrogen-bond donors (Lipinski definition) is 1. The Bertz CT molecular complexity index is 936. The minimum absolute atomic E-state index is 0.0164. The van der Waals surface area contributed by atoms with Crippen molar-refractivity contribution in [1.82, 2.24) is 14.5 Å². The third kappa shape index (κ3) is 3.80. The van der Waals surface area contributed by atoms with Crippen LogP contribution < -0.4 is 4.90 Å². The number of piperazine rings is 1. The lowest BCUT2D eigenvalue weighted by atomic mass is 10.2. The molecule has 0 unspecified atom stereocenters. The van der Waals surface area contributed by atoms with E-state index in [-0.39, 0.29) is 23.7 Å². The largest absolute Gasteiger partial charge is 0.465 e. The Morgan fingerprint density at radius 2 is 2.00 bits per heavy atom. The number of sulfonamides is 1. The van der Waals surface area contributed by atoms with Crippen molar-refractivity contribution >= 4 is 33.3 Å². The van der Waals surface area contributed by atoms with Gasteiger partial charge in [-0.25, -0.2) is 13.2 Å². The Balaban J connectivity index is 1.82. The molecule has 0 radical (unpaired) electrons. The topological polar surface area (TPSA) is 95.6 Å². The first-order valence-electron chi connectivity index (χ1n) is 8.54. The Hall–Kier alpha value is -2.10. The van der Waals surface area contributed by atoms with E-state index in [9.17, 15) is 13.2 Å². The van der Waals surface area contributed by atoms with E-state index in [1.807, 2.05) is 18.2 Å². The third-order valence-corrected chi connectivity index (χ3v) is 6.61. The van der Waals surface area contributed by atoms with Crippen molar-refractivity contribution in [3.63, 3.8) is 0 Å². The van der Waals surface area contributed by atoms with Crippen LogP contribution in [0, 0.1) is 0 Å². The molecular formula is C17H21ClN4O4S. The van der Waals surface area contributed by atoms with Crippen molar-refractivity contribution in [2.75, 3.05) is 38.2 Å². The van der Waals surface area contributed by atoms with Gasteiger partial charge in [0.1, 0.15) is 5.56 Å². The summed E-state index contributed by atoms with van der Waals surface area (Å²) in [6.07, 6.45) is 0.440. The fourth-order valence-electron chi connectivity index (χ4n) is 3.10. The molecule has 27 heavy (non-hydrogen) atoms. The van der Waals surface area contributed by atoms with E-state index >= 15 is 0 Å². The lowest BCUT2D eigenvalue weighted by molar-refractivity contribution is 0.0595. The molecule has 2 aromatic rings. The first-order chi connectivity index (χ1) is 12.9. The van der Waals surface area contributed by atoms with Crippen LogP contribution in [0.25, 0.3) is 0 Å². The van der Waals surface area contributed by atoms with Crippen LogP contribution in [-0.2, 0) is 21.2 Å². The molecule has 2 heterocycles. The molecule has 0 atom stereocenters. The maximum atomic E-state index is 13.1. The highest BCUT2D eigenvalue weighted by molar-refractivity contribution is 7.89. The van der Waals surface area contributed by atoms with Crippen LogP contribution in [0.3, 0.4) is 0 Å². The van der Waals surface area contributed by atoms with E-state index < -0.39 is 16.0 Å². The standard InChI is InChI=1S/C17H21ClN4O4S/c1-3-14-15(17(23)26-2)16(20-19-14)27(24,25)22-9-7-21(8-10-22)13-6-4-5-12(18)11-13/h4-6,11H,3,7-10H2,1-2H3,(H,19,20). The highest BCUT2D eigenvalue weighted by Gasteiger charge is 2.36. The normalized spacial score (nSPS) is 15.7. The number of methoxy groups -OCH3 is 1. The molecule has 3 rings (SSSR count). The molecular weight excluding hydrogens is 392 g/mol. The number of anilines is 1. The van der Waals surface area contributed by atoms with Gasteiger partial charge in [-0.2, -0.15) is 9.40 Å². The smallest absolute Gasteiger partial charge is 0.342 e. The summed E-state index contributed by atoms with van der Waals surface area (Å²) in [7, 11) is -2.70. The van der Waals surface area contributed by atoms with Crippen molar-refractivity contribution < 1.29 is 17.9 Å². The second-order valence-electron chi connectivity index (χ2n) is 6.10. The molecule has 146 valence electrons. The number of ether oxygens (including phenoxy) is 1. The number of aryl methyl sites for hydroxylation is 1. The van der Waals surface area contributed by atoms with E-state index in [0.717, 1.165) is 5.69 Å². The van der Waals surface area contributed by atoms with Gasteiger partial charge in [-0.1, -0.05) is 24.6 Å². The number of benzene rings is 1. The SMILES string of the molecule is CCc1[nH]nc(S(=O)(=O)N2CCN(c3cccc(Cl)c3)CC2)c1C(=O)OC. The molecule has 1 aliphatic rings. The van der Waals surface area contributed by atoms with E-state index in [0.29, 0.717) is 30.2 Å². The van der Waals surface area contributed by atoms with Gasteiger partial charge in [-0.3, -0.25) is 5.10 Å². The number of esters is 1. The first kappa shape index (κ1) is 19.7. The Labute approximate surface area is 163 Å². The van der Waals surface area contributed by atoms with Crippen LogP contribution >= 0.6 is 11.6 Å². The lowest BCUT2D eigenvalue weighted by Crippen LogP contribution is -2.49. The van der Waals surface area contributed by atoms with Crippen LogP contribution in [0.1, 0.15) is 23.0 Å². The van der Waals surface area contributed by atoms with Gasteiger partial charge >= 0.3 is 5.97 Å². The van der Waals surface area contributed by atoms with Gasteiger partial charge in [0.15, 0.2) is 0 Å². The predicted octanol–water partition coefficient (Wildman–Crippen LogP) is 1.92. The molecule has 0 amide bonds. The molecule has 1 saturated heterocycles. The highest BCUT2D eigenvalue weighted by Crippen LogP contribution is 2.25. The monoisotopic (exact) mass is 412 g/mol. The number of H-pyrrole nitrogens is 1. The summed E-state index contributed by atoms with van der Waals surface area (Å²) in [5.41, 5.74) is 1.37. The van der Waals surface area contributed by atoms with Crippen LogP contribution in [0.5, 0.6) is 0 Å². The number of aromatic amines is 1. The van der Waals surface area contributed by atoms with E-state index in [2.05, 4.69) is 15.1 Å². The zero-order valence-corrected chi connectivity index (χ0v) is 16.7. The molecule has 1 fully saturated rings. The first-order valence-corrected chi connectivity index (χ1v) is 10.4. The number of carbonyl (C=O) groups is 1. The zero-order valence-electron chi connectivity index (χ0n) is 15.1. The van der Waals surface area contributed by atoms with Crippen molar-refractivity contribution in [3.05, 3.63) is 40.5 Å². The molecule has 1 aromatic carbocycles. The highest BCUT2D eigenvalue weighted by atomic mass is 35.5. The summed E-state index contributed by atoms with van der Waals surface area (Å²) in [5, 5.41) is 6.91. The molecule has 1 aliphatic heterocycles. The lowest BCUT2D eigenvalue weighted by Gasteiger charge is -2.35. The van der Waals surface area contributed by atoms with Gasteiger partial charge in [0.25, 0.3) is 10.0 Å². The minimum Gasteiger partial charge on any atom is -0.465 e. The molecule has 10 heteroatoms. The summed E-state index contributed by atoms with van der Waals surface area (Å²) < 4.78 is 32.2. The molecule has 0 spiro atoms. The molecule has 8 nitrogen and oxygen atoms in total. The van der Waals surface area contributed by atoms with Crippen LogP contribution in [0.4, 0.5) is 5.69 Å². The second-order valence-corrected chi connectivity index (χ2v) is 8.39. The molecule has 1 N–H and O–H groups in total. The number of aromatic nitrogens is 2. The number of nitrogens with one attached hydrogen (secondary N) is 1. The Morgan fingerprint density at radius 1 is 1.30 bits per heavy atom. The predicted molar refractivity (Wildman–Crippen MR) is 102 cm³/mol. The van der Waals surface area contributed by atoms with Crippen LogP contribution in [0.15, 0.2) is 29.3 Å². The van der Waals surface area contributed by atoms with Gasteiger partial charge < -0.3 is 9.64 Å². The fourth-order valence-corrected chi connectivity index (χ4v) is 4.79. The summed E-state index contributed by atoms with van der Waals surface area (Å²) in [6, 6.07) is 7.44. The van der Waals surface area contributed by atoms with Gasteiger partial charge in [0.2, 0.25) is 5.03 Å². The summed E-state index contributed by atoms with van der Waals surface area (Å²) >= 11 is 6.03. The molecule has 1 aromatic heterocycles. The second kappa shape index (κ2) is 7.87. The van der Waals surface area contributed by atoms with Crippen LogP contribution in [0.2, 0.25) is 5.02 Å². The number of halogens is 1. The number of carbonyl (C=O) groups excluding carboxylic acids is 1. The van der Waals surface area contributed by atoms with Crippen LogP contribution in [-0.4, -0.2) is 62.2 Å². The summed E-state index contributed by atoms with van der Waals surface area (Å²) in [5.74, 6) is -0.711. The van der Waals surface area contributed by atoms with E-state index in [4.69, 9.17) is 16.3 Å². The average molecular weight is 413 g/mol. The number of rotatable bonds is 5. The minimum atomic E-state index is -3.91. The van der Waals surface area contributed by atoms with Gasteiger partial charge in [0, 0.05) is 36.9 Å². The van der Waals surface area contributed by atoms with Crippen molar-refractivity contribution in [2.45, 2.75) is 18.4 Å². The fraction of sp³-hybridized carbons (Fsp3) is 0.412. The molecule has 0 saturated carbocycles. The van der Waals surface area contributed by atoms with Crippen molar-refractivity contribution in [1.29, 1.82) is 0 Å². The van der Waals surface area contributed by atoms with E-state index in [1.54, 1.807) is 13.0 Å². The number of nitrogens with zero attached hydrogens (tertiary/aromatic N) is 3. The van der Waals surface area contributed by atoms with E-state index in [1.165, 1.54) is 11.4 Å². The van der Waals surface area contributed by atoms with Gasteiger partial charge in [-0.05, 0) is 24.6 Å². The summed E-state index contributed by atoms with van der Waals surface area (Å²) in [6.45, 7) is 3.39. The summed E-state index contributed by atoms with van der Waals surface area (Å²) in [4.78, 5) is 14.2. The average Bonchev–Trinajstić information content (AvgIpc) is 3.12. The van der Waals surface area contributed by atoms with Crippen molar-refractivity contribution in [2.24, 2.45) is 0 Å². The zero-order chi connectivity index (χ0) is 19.6. The molecule has 0 aliphatic carbocycles. The Kier molecular flexibility index (Phi) is 5.73. The molecule has 0 bridgehead atoms. The maximum Gasteiger partial charge on any atom is 0.342 e. The van der Waals surface area contributed by atoms with Gasteiger partial charge in [0.05, 0.1) is 12.8 Å². The van der Waals surface area contributed by atoms with Gasteiger partial charge in [-0.15, -0.1) is 0 Å². The third-order valence-electron chi connectivity index (χ3n) is 4.55. The Morgan fingerprint density at radius 3 is 2.59 bits per heavy atom. The quantitative estimate of drug-likeness (QED) is 0.754. The van der Waals surface area contributed by atoms with Crippen molar-refractivity contribution in [3.8, 4) is 0 Å². The number of hydrogen-bond acceptors (Lipinski definition) is 6. The maximum absolute atomic E-state index is 13.1.